The zero-order chi connectivity index (χ0) is 26.6. The van der Waals surface area contributed by atoms with Gasteiger partial charge in [0.1, 0.15) is 23.1 Å². The second kappa shape index (κ2) is 9.35. The number of hydrogen-bond donors (Lipinski definition) is 3. The number of halogens is 2. The molecule has 0 radical (unpaired) electrons. The summed E-state index contributed by atoms with van der Waals surface area (Å²) in [5, 5.41) is 25.2. The molecule has 4 N–H and O–H groups in total. The van der Waals surface area contributed by atoms with Gasteiger partial charge in [-0.3, -0.25) is 4.98 Å². The Bertz CT molecular complexity index is 1470. The quantitative estimate of drug-likeness (QED) is 0.364. The van der Waals surface area contributed by atoms with Crippen molar-refractivity contribution in [3.8, 4) is 11.3 Å². The van der Waals surface area contributed by atoms with Crippen LogP contribution in [-0.2, 0) is 16.8 Å². The molecule has 11 heteroatoms. The van der Waals surface area contributed by atoms with Crippen LogP contribution >= 0.6 is 0 Å². The normalized spacial score (nSPS) is 23.0. The number of benzene rings is 1. The molecule has 0 spiro atoms. The molecular weight excluding hydrogens is 494 g/mol. The molecule has 0 aliphatic carbocycles. The molecule has 9 nitrogen and oxygen atoms in total. The van der Waals surface area contributed by atoms with E-state index in [-0.39, 0.29) is 42.0 Å². The van der Waals surface area contributed by atoms with E-state index in [1.807, 2.05) is 13.0 Å². The van der Waals surface area contributed by atoms with Crippen molar-refractivity contribution in [2.45, 2.75) is 31.1 Å². The van der Waals surface area contributed by atoms with Crippen molar-refractivity contribution >= 4 is 11.2 Å². The second-order valence-electron chi connectivity index (χ2n) is 10.3. The van der Waals surface area contributed by atoms with Crippen molar-refractivity contribution in [3.05, 3.63) is 77.5 Å². The number of pyridine rings is 1. The van der Waals surface area contributed by atoms with Gasteiger partial charge in [0.15, 0.2) is 0 Å². The van der Waals surface area contributed by atoms with E-state index in [0.717, 1.165) is 23.4 Å². The van der Waals surface area contributed by atoms with Crippen LogP contribution in [-0.4, -0.2) is 68.2 Å². The van der Waals surface area contributed by atoms with E-state index < -0.39 is 23.3 Å². The number of aromatic nitrogens is 4. The van der Waals surface area contributed by atoms with Crippen LogP contribution in [0.5, 0.6) is 0 Å². The van der Waals surface area contributed by atoms with Gasteiger partial charge in [0.25, 0.3) is 0 Å². The smallest absolute Gasteiger partial charge is 0.136 e. The van der Waals surface area contributed by atoms with Crippen LogP contribution in [0.2, 0.25) is 0 Å². The van der Waals surface area contributed by atoms with Crippen molar-refractivity contribution in [2.24, 2.45) is 11.7 Å². The maximum absolute atomic E-state index is 15.1. The lowest BCUT2D eigenvalue weighted by Crippen LogP contribution is -2.55. The number of nitrogens with zero attached hydrogens (tertiary/aromatic N) is 5. The van der Waals surface area contributed by atoms with Gasteiger partial charge in [0.2, 0.25) is 0 Å². The highest BCUT2D eigenvalue weighted by molar-refractivity contribution is 5.64. The van der Waals surface area contributed by atoms with Crippen molar-refractivity contribution in [1.82, 2.24) is 19.6 Å². The monoisotopic (exact) mass is 522 g/mol. The van der Waals surface area contributed by atoms with Gasteiger partial charge < -0.3 is 25.6 Å². The van der Waals surface area contributed by atoms with E-state index in [2.05, 4.69) is 20.0 Å². The lowest BCUT2D eigenvalue weighted by molar-refractivity contribution is -0.184. The Labute approximate surface area is 217 Å². The number of anilines is 1. The van der Waals surface area contributed by atoms with Crippen LogP contribution in [0.1, 0.15) is 23.9 Å². The highest BCUT2D eigenvalue weighted by Gasteiger charge is 2.39. The Morgan fingerprint density at radius 3 is 2.58 bits per heavy atom. The summed E-state index contributed by atoms with van der Waals surface area (Å²) >= 11 is 0. The number of aliphatic hydroxyl groups excluding tert-OH is 1. The molecule has 3 aromatic heterocycles. The lowest BCUT2D eigenvalue weighted by atomic mass is 9.90. The molecule has 2 aliphatic heterocycles. The largest absolute Gasteiger partial charge is 0.391 e. The summed E-state index contributed by atoms with van der Waals surface area (Å²) in [7, 11) is 0. The Morgan fingerprint density at radius 1 is 1.13 bits per heavy atom. The van der Waals surface area contributed by atoms with Crippen molar-refractivity contribution < 1.29 is 23.7 Å². The van der Waals surface area contributed by atoms with Crippen LogP contribution in [0.25, 0.3) is 16.8 Å². The molecule has 198 valence electrons. The minimum atomic E-state index is -1.38. The molecule has 0 saturated carbocycles. The molecule has 1 aromatic carbocycles. The molecule has 5 heterocycles. The van der Waals surface area contributed by atoms with Crippen LogP contribution < -0.4 is 10.6 Å². The van der Waals surface area contributed by atoms with Gasteiger partial charge >= 0.3 is 0 Å². The molecule has 0 bridgehead atoms. The molecule has 2 saturated heterocycles. The van der Waals surface area contributed by atoms with Crippen LogP contribution in [0.4, 0.5) is 14.5 Å². The first kappa shape index (κ1) is 24.8. The molecule has 6 rings (SSSR count). The maximum atomic E-state index is 15.1. The standard InChI is InChI=1S/C27H28F2N6O3/c1-15-11-34(12-21(30)26(15)36)23-4-5-31-9-16(23)6-24-32-10-18-2-3-22(33-35(18)24)25-19(28)7-17(8-20(25)29)27(37)13-38-14-27/h2-5,7-10,15,21,26,36-37H,6,11-14,30H2,1H3/t15-,21+,26+/m0/s1. The van der Waals surface area contributed by atoms with Gasteiger partial charge in [0, 0.05) is 55.1 Å². The third kappa shape index (κ3) is 4.21. The summed E-state index contributed by atoms with van der Waals surface area (Å²) in [4.78, 5) is 10.9. The Kier molecular flexibility index (Phi) is 6.10. The molecule has 2 aliphatic rings. The van der Waals surface area contributed by atoms with Gasteiger partial charge in [-0.15, -0.1) is 0 Å². The Morgan fingerprint density at radius 2 is 1.89 bits per heavy atom. The molecule has 0 unspecified atom stereocenters. The van der Waals surface area contributed by atoms with E-state index in [0.29, 0.717) is 30.9 Å². The summed E-state index contributed by atoms with van der Waals surface area (Å²) in [6.45, 7) is 3.10. The van der Waals surface area contributed by atoms with E-state index in [4.69, 9.17) is 10.5 Å². The number of hydrogen-bond acceptors (Lipinski definition) is 8. The van der Waals surface area contributed by atoms with Crippen molar-refractivity contribution in [3.63, 3.8) is 0 Å². The molecule has 3 atom stereocenters. The van der Waals surface area contributed by atoms with E-state index in [9.17, 15) is 10.2 Å². The molecule has 38 heavy (non-hydrogen) atoms. The first-order valence-electron chi connectivity index (χ1n) is 12.5. The number of nitrogens with two attached hydrogens (primary N) is 1. The van der Waals surface area contributed by atoms with Crippen molar-refractivity contribution in [1.29, 1.82) is 0 Å². The number of aliphatic hydroxyl groups is 2. The minimum absolute atomic E-state index is 0.00459. The van der Waals surface area contributed by atoms with Crippen LogP contribution in [0.15, 0.2) is 48.9 Å². The second-order valence-corrected chi connectivity index (χ2v) is 10.3. The third-order valence-corrected chi connectivity index (χ3v) is 7.50. The van der Waals surface area contributed by atoms with Gasteiger partial charge in [-0.25, -0.2) is 18.3 Å². The summed E-state index contributed by atoms with van der Waals surface area (Å²) in [5.41, 5.74) is 7.25. The number of piperidine rings is 1. The molecule has 4 aromatic rings. The predicted octanol–water partition coefficient (Wildman–Crippen LogP) is 2.02. The number of ether oxygens (including phenoxy) is 1. The van der Waals surface area contributed by atoms with Gasteiger partial charge in [-0.1, -0.05) is 6.92 Å². The average molecular weight is 523 g/mol. The predicted molar refractivity (Wildman–Crippen MR) is 135 cm³/mol. The Balaban J connectivity index is 1.34. The summed E-state index contributed by atoms with van der Waals surface area (Å²) < 4.78 is 36.8. The number of imidazole rings is 1. The zero-order valence-corrected chi connectivity index (χ0v) is 20.8. The van der Waals surface area contributed by atoms with Gasteiger partial charge in [-0.05, 0) is 35.9 Å². The molecule has 2 fully saturated rings. The highest BCUT2D eigenvalue weighted by atomic mass is 19.1. The average Bonchev–Trinajstić information content (AvgIpc) is 3.27. The first-order valence-corrected chi connectivity index (χ1v) is 12.5. The third-order valence-electron chi connectivity index (χ3n) is 7.50. The van der Waals surface area contributed by atoms with Crippen LogP contribution in [0.3, 0.4) is 0 Å². The van der Waals surface area contributed by atoms with Gasteiger partial charge in [0.05, 0.1) is 42.3 Å². The van der Waals surface area contributed by atoms with E-state index in [1.165, 1.54) is 0 Å². The SMILES string of the molecule is C[C@H]1CN(c2ccncc2Cc2ncc3ccc(-c4c(F)cc(C5(O)COC5)cc4F)nn23)C[C@@H](N)[C@@H]1O. The van der Waals surface area contributed by atoms with Crippen LogP contribution in [0, 0.1) is 17.6 Å². The summed E-state index contributed by atoms with van der Waals surface area (Å²) in [5.74, 6) is -1.06. The zero-order valence-electron chi connectivity index (χ0n) is 20.8. The fourth-order valence-corrected chi connectivity index (χ4v) is 5.28. The van der Waals surface area contributed by atoms with Crippen molar-refractivity contribution in [2.75, 3.05) is 31.2 Å². The number of rotatable bonds is 5. The summed E-state index contributed by atoms with van der Waals surface area (Å²) in [6, 6.07) is 7.05. The lowest BCUT2D eigenvalue weighted by Gasteiger charge is -2.40. The Hall–Kier alpha value is -3.51. The topological polar surface area (TPSA) is 122 Å². The fourth-order valence-electron chi connectivity index (χ4n) is 5.28. The van der Waals surface area contributed by atoms with E-state index in [1.54, 1.807) is 35.2 Å². The fraction of sp³-hybridized carbons (Fsp3) is 0.370. The first-order chi connectivity index (χ1) is 18.2. The minimum Gasteiger partial charge on any atom is -0.391 e. The highest BCUT2D eigenvalue weighted by Crippen LogP contribution is 2.34. The molecule has 0 amide bonds. The summed E-state index contributed by atoms with van der Waals surface area (Å²) in [6.07, 6.45) is 4.93. The van der Waals surface area contributed by atoms with Gasteiger partial charge in [-0.2, -0.15) is 5.10 Å². The van der Waals surface area contributed by atoms with E-state index >= 15 is 8.78 Å². The molecular formula is C27H28F2N6O3. The number of fused-ring (bicyclic) bond motifs is 1. The maximum Gasteiger partial charge on any atom is 0.136 e.